The van der Waals surface area contributed by atoms with Crippen LogP contribution in [0.4, 0.5) is 0 Å². The molecule has 0 unspecified atom stereocenters. The Morgan fingerprint density at radius 3 is 2.52 bits per heavy atom. The molecule has 0 spiro atoms. The lowest BCUT2D eigenvalue weighted by molar-refractivity contribution is 0.203. The molecule has 1 aromatic carbocycles. The van der Waals surface area contributed by atoms with E-state index in [4.69, 9.17) is 9.47 Å². The monoisotopic (exact) mass is 405 g/mol. The van der Waals surface area contributed by atoms with Crippen molar-refractivity contribution in [1.29, 1.82) is 0 Å². The molecule has 0 radical (unpaired) electrons. The molecule has 1 rings (SSSR count). The molecule has 0 saturated carbocycles. The molecule has 2 N–H and O–H groups in total. The first kappa shape index (κ1) is 19.7. The molecule has 0 amide bonds. The van der Waals surface area contributed by atoms with Crippen molar-refractivity contribution >= 4 is 29.9 Å². The third-order valence-electron chi connectivity index (χ3n) is 2.59. The third kappa shape index (κ3) is 8.56. The molecule has 6 heteroatoms. The maximum atomic E-state index is 5.13. The Balaban J connectivity index is 0.00000400. The number of hydrogen-bond donors (Lipinski definition) is 2. The smallest absolute Gasteiger partial charge is 0.191 e. The lowest BCUT2D eigenvalue weighted by atomic mass is 10.2. The van der Waals surface area contributed by atoms with Crippen molar-refractivity contribution in [2.75, 3.05) is 33.9 Å². The van der Waals surface area contributed by atoms with Gasteiger partial charge in [0.2, 0.25) is 0 Å². The number of hydrogen-bond acceptors (Lipinski definition) is 3. The molecule has 0 aliphatic carbocycles. The first-order valence-corrected chi connectivity index (χ1v) is 6.55. The lowest BCUT2D eigenvalue weighted by Crippen LogP contribution is -2.39. The fraction of sp³-hybridized carbons (Fsp3) is 0.400. The van der Waals surface area contributed by atoms with Crippen LogP contribution in [0.1, 0.15) is 5.56 Å². The van der Waals surface area contributed by atoms with Gasteiger partial charge in [0.1, 0.15) is 5.75 Å². The van der Waals surface area contributed by atoms with Crippen LogP contribution in [0.15, 0.2) is 41.9 Å². The first-order valence-electron chi connectivity index (χ1n) is 6.55. The summed E-state index contributed by atoms with van der Waals surface area (Å²) in [5.41, 5.74) is 1.12. The summed E-state index contributed by atoms with van der Waals surface area (Å²) in [5, 5.41) is 6.35. The van der Waals surface area contributed by atoms with Gasteiger partial charge in [0, 0.05) is 20.2 Å². The van der Waals surface area contributed by atoms with Gasteiger partial charge in [-0.1, -0.05) is 18.2 Å². The first-order chi connectivity index (χ1) is 9.80. The average molecular weight is 405 g/mol. The summed E-state index contributed by atoms with van der Waals surface area (Å²) in [4.78, 5) is 4.51. The largest absolute Gasteiger partial charge is 0.497 e. The zero-order valence-corrected chi connectivity index (χ0v) is 14.9. The molecule has 0 aromatic heterocycles. The molecule has 0 saturated heterocycles. The molecular formula is C15H24IN3O2. The molecular weight excluding hydrogens is 381 g/mol. The van der Waals surface area contributed by atoms with E-state index in [0.29, 0.717) is 26.2 Å². The zero-order valence-electron chi connectivity index (χ0n) is 12.6. The average Bonchev–Trinajstić information content (AvgIpc) is 2.50. The highest BCUT2D eigenvalue weighted by Gasteiger charge is 1.98. The second kappa shape index (κ2) is 12.5. The summed E-state index contributed by atoms with van der Waals surface area (Å²) in [6, 6.07) is 7.87. The van der Waals surface area contributed by atoms with Gasteiger partial charge in [-0.2, -0.15) is 0 Å². The van der Waals surface area contributed by atoms with E-state index < -0.39 is 0 Å². The van der Waals surface area contributed by atoms with Crippen molar-refractivity contribution in [3.8, 4) is 5.75 Å². The summed E-state index contributed by atoms with van der Waals surface area (Å²) in [7, 11) is 3.33. The topological polar surface area (TPSA) is 54.9 Å². The van der Waals surface area contributed by atoms with Gasteiger partial charge >= 0.3 is 0 Å². The molecule has 1 aromatic rings. The van der Waals surface area contributed by atoms with Crippen LogP contribution in [0.5, 0.6) is 5.75 Å². The molecule has 0 aliphatic rings. The Labute approximate surface area is 143 Å². The number of methoxy groups -OCH3 is 2. The van der Waals surface area contributed by atoms with Crippen LogP contribution >= 0.6 is 24.0 Å². The van der Waals surface area contributed by atoms with E-state index in [-0.39, 0.29) is 24.0 Å². The van der Waals surface area contributed by atoms with Gasteiger partial charge in [0.05, 0.1) is 20.3 Å². The second-order valence-corrected chi connectivity index (χ2v) is 4.10. The van der Waals surface area contributed by atoms with Gasteiger partial charge in [0.25, 0.3) is 0 Å². The van der Waals surface area contributed by atoms with Crippen molar-refractivity contribution < 1.29 is 9.47 Å². The second-order valence-electron chi connectivity index (χ2n) is 4.10. The maximum Gasteiger partial charge on any atom is 0.191 e. The molecule has 5 nitrogen and oxygen atoms in total. The summed E-state index contributed by atoms with van der Waals surface area (Å²) in [5.74, 6) is 1.60. The highest BCUT2D eigenvalue weighted by Crippen LogP contribution is 2.11. The Kier molecular flexibility index (Phi) is 11.7. The van der Waals surface area contributed by atoms with E-state index in [1.807, 2.05) is 24.3 Å². The Bertz CT molecular complexity index is 421. The minimum Gasteiger partial charge on any atom is -0.497 e. The van der Waals surface area contributed by atoms with E-state index >= 15 is 0 Å². The van der Waals surface area contributed by atoms with E-state index in [2.05, 4.69) is 22.2 Å². The highest BCUT2D eigenvalue weighted by molar-refractivity contribution is 14.0. The predicted octanol–water partition coefficient (Wildman–Crippen LogP) is 2.18. The predicted molar refractivity (Wildman–Crippen MR) is 97.6 cm³/mol. The van der Waals surface area contributed by atoms with Crippen LogP contribution in [-0.4, -0.2) is 39.9 Å². The van der Waals surface area contributed by atoms with Crippen LogP contribution in [0.2, 0.25) is 0 Å². The summed E-state index contributed by atoms with van der Waals surface area (Å²) in [6.07, 6.45) is 1.79. The van der Waals surface area contributed by atoms with Crippen LogP contribution < -0.4 is 15.4 Å². The van der Waals surface area contributed by atoms with Gasteiger partial charge < -0.3 is 20.1 Å². The van der Waals surface area contributed by atoms with E-state index in [1.165, 1.54) is 0 Å². The summed E-state index contributed by atoms with van der Waals surface area (Å²) in [6.45, 7) is 6.30. The molecule has 0 fully saturated rings. The quantitative estimate of drug-likeness (QED) is 0.229. The molecule has 0 bridgehead atoms. The molecule has 0 heterocycles. The van der Waals surface area contributed by atoms with Crippen molar-refractivity contribution in [3.63, 3.8) is 0 Å². The number of nitrogens with zero attached hydrogens (tertiary/aromatic N) is 1. The SMILES string of the molecule is C=CCNC(=NCc1ccc(OC)cc1)NCCOC.I. The van der Waals surface area contributed by atoms with Crippen molar-refractivity contribution in [2.45, 2.75) is 6.54 Å². The van der Waals surface area contributed by atoms with E-state index in [1.54, 1.807) is 20.3 Å². The van der Waals surface area contributed by atoms with Crippen molar-refractivity contribution in [2.24, 2.45) is 4.99 Å². The lowest BCUT2D eigenvalue weighted by Gasteiger charge is -2.11. The Hall–Kier alpha value is -1.28. The van der Waals surface area contributed by atoms with Crippen LogP contribution in [0.3, 0.4) is 0 Å². The standard InChI is InChI=1S/C15H23N3O2.HI/c1-4-9-16-15(17-10-11-19-2)18-12-13-5-7-14(20-3)8-6-13;/h4-8H,1,9-12H2,2-3H3,(H2,16,17,18);1H. The number of benzene rings is 1. The third-order valence-corrected chi connectivity index (χ3v) is 2.59. The zero-order chi connectivity index (χ0) is 14.6. The van der Waals surface area contributed by atoms with Gasteiger partial charge in [-0.15, -0.1) is 30.6 Å². The van der Waals surface area contributed by atoms with Crippen molar-refractivity contribution in [1.82, 2.24) is 10.6 Å². The number of halogens is 1. The van der Waals surface area contributed by atoms with E-state index in [0.717, 1.165) is 17.3 Å². The summed E-state index contributed by atoms with van der Waals surface area (Å²) < 4.78 is 10.1. The van der Waals surface area contributed by atoms with Crippen LogP contribution in [0, 0.1) is 0 Å². The number of aliphatic imine (C=N–C) groups is 1. The molecule has 21 heavy (non-hydrogen) atoms. The number of nitrogens with one attached hydrogen (secondary N) is 2. The van der Waals surface area contributed by atoms with Gasteiger partial charge in [-0.25, -0.2) is 4.99 Å². The maximum absolute atomic E-state index is 5.13. The number of ether oxygens (including phenoxy) is 2. The molecule has 0 aliphatic heterocycles. The number of guanidine groups is 1. The van der Waals surface area contributed by atoms with Gasteiger partial charge in [0.15, 0.2) is 5.96 Å². The summed E-state index contributed by atoms with van der Waals surface area (Å²) >= 11 is 0. The van der Waals surface area contributed by atoms with Crippen LogP contribution in [-0.2, 0) is 11.3 Å². The Morgan fingerprint density at radius 2 is 1.95 bits per heavy atom. The van der Waals surface area contributed by atoms with E-state index in [9.17, 15) is 0 Å². The molecule has 118 valence electrons. The number of rotatable bonds is 8. The Morgan fingerprint density at radius 1 is 1.24 bits per heavy atom. The van der Waals surface area contributed by atoms with Gasteiger partial charge in [-0.3, -0.25) is 0 Å². The highest BCUT2D eigenvalue weighted by atomic mass is 127. The minimum atomic E-state index is 0. The van der Waals surface area contributed by atoms with Crippen LogP contribution in [0.25, 0.3) is 0 Å². The van der Waals surface area contributed by atoms with Crippen molar-refractivity contribution in [3.05, 3.63) is 42.5 Å². The fourth-order valence-electron chi connectivity index (χ4n) is 1.52. The van der Waals surface area contributed by atoms with Gasteiger partial charge in [-0.05, 0) is 17.7 Å². The minimum absolute atomic E-state index is 0. The molecule has 0 atom stereocenters. The fourth-order valence-corrected chi connectivity index (χ4v) is 1.52. The normalized spacial score (nSPS) is 10.5.